The van der Waals surface area contributed by atoms with Gasteiger partial charge in [-0.2, -0.15) is 5.10 Å². The Kier molecular flexibility index (Phi) is 5.75. The number of hydrazone groups is 1. The number of nitrogens with zero attached hydrogens (tertiary/aromatic N) is 3. The number of hydrogen-bond acceptors (Lipinski definition) is 6. The first-order chi connectivity index (χ1) is 12.6. The summed E-state index contributed by atoms with van der Waals surface area (Å²) in [5.41, 5.74) is 3.69. The zero-order valence-corrected chi connectivity index (χ0v) is 14.2. The van der Waals surface area contributed by atoms with E-state index in [0.717, 1.165) is 38.0 Å². The molecule has 8 heteroatoms. The van der Waals surface area contributed by atoms with Crippen molar-refractivity contribution < 1.29 is 14.1 Å². The van der Waals surface area contributed by atoms with E-state index in [2.05, 4.69) is 15.4 Å². The summed E-state index contributed by atoms with van der Waals surface area (Å²) in [7, 11) is 0. The van der Waals surface area contributed by atoms with E-state index in [1.54, 1.807) is 30.5 Å². The normalized spacial score (nSPS) is 16.0. The lowest BCUT2D eigenvalue weighted by atomic mass is 9.96. The van der Waals surface area contributed by atoms with Gasteiger partial charge in [0.25, 0.3) is 5.69 Å². The molecule has 1 fully saturated rings. The fraction of sp³-hybridized carbons (Fsp3) is 0.333. The van der Waals surface area contributed by atoms with Crippen molar-refractivity contribution in [3.8, 4) is 0 Å². The number of non-ortho nitro benzene ring substituents is 1. The number of nitro groups is 1. The van der Waals surface area contributed by atoms with Crippen LogP contribution in [0.15, 0.2) is 52.2 Å². The third kappa shape index (κ3) is 4.76. The van der Waals surface area contributed by atoms with Gasteiger partial charge in [-0.1, -0.05) is 12.1 Å². The number of nitro benzene ring substituents is 1. The molecule has 0 atom stereocenters. The van der Waals surface area contributed by atoms with E-state index in [4.69, 9.17) is 4.42 Å². The molecule has 0 radical (unpaired) electrons. The molecule has 8 nitrogen and oxygen atoms in total. The maximum absolute atomic E-state index is 12.2. The quantitative estimate of drug-likeness (QED) is 0.487. The highest BCUT2D eigenvalue weighted by atomic mass is 16.6. The number of carbonyl (C=O) groups excluding carboxylic acids is 1. The van der Waals surface area contributed by atoms with Crippen LogP contribution in [0.3, 0.4) is 0 Å². The van der Waals surface area contributed by atoms with Gasteiger partial charge in [-0.05, 0) is 43.6 Å². The fourth-order valence-corrected chi connectivity index (χ4v) is 2.95. The van der Waals surface area contributed by atoms with Crippen molar-refractivity contribution in [3.63, 3.8) is 0 Å². The molecule has 3 rings (SSSR count). The third-order valence-electron chi connectivity index (χ3n) is 4.42. The topological polar surface area (TPSA) is 101 Å². The Morgan fingerprint density at radius 2 is 2.04 bits per heavy atom. The van der Waals surface area contributed by atoms with Crippen LogP contribution in [0.25, 0.3) is 0 Å². The smallest absolute Gasteiger partial charge is 0.269 e. The lowest BCUT2D eigenvalue weighted by molar-refractivity contribution is -0.384. The maximum atomic E-state index is 12.2. The highest BCUT2D eigenvalue weighted by Crippen LogP contribution is 2.20. The van der Waals surface area contributed by atoms with E-state index < -0.39 is 4.92 Å². The van der Waals surface area contributed by atoms with Gasteiger partial charge in [0.05, 0.1) is 17.4 Å². The van der Waals surface area contributed by atoms with Crippen LogP contribution in [0.4, 0.5) is 5.69 Å². The van der Waals surface area contributed by atoms with Gasteiger partial charge >= 0.3 is 0 Å². The second-order valence-corrected chi connectivity index (χ2v) is 6.22. The largest absolute Gasteiger partial charge is 0.463 e. The van der Waals surface area contributed by atoms with Gasteiger partial charge < -0.3 is 4.42 Å². The molecule has 2 heterocycles. The molecular formula is C18H20N4O4. The molecule has 0 spiro atoms. The van der Waals surface area contributed by atoms with Crippen molar-refractivity contribution in [3.05, 3.63) is 64.1 Å². The summed E-state index contributed by atoms with van der Waals surface area (Å²) in [4.78, 5) is 24.7. The lowest BCUT2D eigenvalue weighted by Gasteiger charge is -2.30. The summed E-state index contributed by atoms with van der Waals surface area (Å²) in [5.74, 6) is 0.447. The molecule has 0 bridgehead atoms. The standard InChI is InChI=1S/C18H20N4O4/c23-18(20-19-12-17-2-1-11-26-17)15-7-9-21(10-8-15)13-14-3-5-16(6-4-14)22(24)25/h1-6,11-12,15H,7-10,13H2,(H,20,23)/b19-12+. The second-order valence-electron chi connectivity index (χ2n) is 6.22. The zero-order chi connectivity index (χ0) is 18.4. The Hall–Kier alpha value is -3.00. The van der Waals surface area contributed by atoms with Crippen molar-refractivity contribution >= 4 is 17.8 Å². The molecule has 0 aliphatic carbocycles. The van der Waals surface area contributed by atoms with Crippen LogP contribution in [-0.4, -0.2) is 35.0 Å². The predicted molar refractivity (Wildman–Crippen MR) is 95.5 cm³/mol. The Morgan fingerprint density at radius 3 is 2.65 bits per heavy atom. The molecule has 0 unspecified atom stereocenters. The van der Waals surface area contributed by atoms with Crippen molar-refractivity contribution in [2.24, 2.45) is 11.0 Å². The van der Waals surface area contributed by atoms with Gasteiger partial charge in [-0.3, -0.25) is 19.8 Å². The second kappa shape index (κ2) is 8.39. The minimum absolute atomic E-state index is 0.0585. The summed E-state index contributed by atoms with van der Waals surface area (Å²) in [6.07, 6.45) is 4.54. The molecule has 1 N–H and O–H groups in total. The van der Waals surface area contributed by atoms with Crippen molar-refractivity contribution in [2.45, 2.75) is 19.4 Å². The van der Waals surface area contributed by atoms with Gasteiger partial charge in [0, 0.05) is 24.6 Å². The first-order valence-corrected chi connectivity index (χ1v) is 8.44. The van der Waals surface area contributed by atoms with E-state index in [1.165, 1.54) is 18.3 Å². The first kappa shape index (κ1) is 17.8. The van der Waals surface area contributed by atoms with E-state index in [-0.39, 0.29) is 17.5 Å². The van der Waals surface area contributed by atoms with E-state index in [9.17, 15) is 14.9 Å². The van der Waals surface area contributed by atoms with Crippen molar-refractivity contribution in [1.82, 2.24) is 10.3 Å². The van der Waals surface area contributed by atoms with Crippen LogP contribution < -0.4 is 5.43 Å². The Bertz CT molecular complexity index is 763. The molecular weight excluding hydrogens is 336 g/mol. The molecule has 1 saturated heterocycles. The van der Waals surface area contributed by atoms with Crippen LogP contribution in [0, 0.1) is 16.0 Å². The average Bonchev–Trinajstić information content (AvgIpc) is 3.16. The molecule has 1 aromatic carbocycles. The highest BCUT2D eigenvalue weighted by molar-refractivity contribution is 5.81. The minimum Gasteiger partial charge on any atom is -0.463 e. The van der Waals surface area contributed by atoms with Gasteiger partial charge in [0.2, 0.25) is 5.91 Å². The number of likely N-dealkylation sites (tertiary alicyclic amines) is 1. The molecule has 1 amide bonds. The molecule has 1 aromatic heterocycles. The number of furan rings is 1. The number of hydrogen-bond donors (Lipinski definition) is 1. The average molecular weight is 356 g/mol. The summed E-state index contributed by atoms with van der Waals surface area (Å²) >= 11 is 0. The van der Waals surface area contributed by atoms with Gasteiger partial charge in [-0.25, -0.2) is 5.43 Å². The van der Waals surface area contributed by atoms with Crippen LogP contribution in [-0.2, 0) is 11.3 Å². The third-order valence-corrected chi connectivity index (χ3v) is 4.42. The molecule has 1 aliphatic rings. The minimum atomic E-state index is -0.401. The monoisotopic (exact) mass is 356 g/mol. The number of nitrogens with one attached hydrogen (secondary N) is 1. The SMILES string of the molecule is O=C(N/N=C/c1ccco1)C1CCN(Cc2ccc([N+](=O)[O-])cc2)CC1. The Labute approximate surface area is 150 Å². The van der Waals surface area contributed by atoms with Crippen LogP contribution >= 0.6 is 0 Å². The van der Waals surface area contributed by atoms with Gasteiger partial charge in [0.1, 0.15) is 5.76 Å². The van der Waals surface area contributed by atoms with E-state index in [0.29, 0.717) is 5.76 Å². The number of amides is 1. The summed E-state index contributed by atoms with van der Waals surface area (Å²) in [6, 6.07) is 10.1. The summed E-state index contributed by atoms with van der Waals surface area (Å²) in [6.45, 7) is 2.33. The number of piperidine rings is 1. The number of rotatable bonds is 6. The number of benzene rings is 1. The summed E-state index contributed by atoms with van der Waals surface area (Å²) < 4.78 is 5.11. The Morgan fingerprint density at radius 1 is 1.31 bits per heavy atom. The van der Waals surface area contributed by atoms with E-state index >= 15 is 0 Å². The van der Waals surface area contributed by atoms with Crippen LogP contribution in [0.2, 0.25) is 0 Å². The van der Waals surface area contributed by atoms with E-state index in [1.807, 2.05) is 0 Å². The summed E-state index contributed by atoms with van der Waals surface area (Å²) in [5, 5.41) is 14.6. The zero-order valence-electron chi connectivity index (χ0n) is 14.2. The number of carbonyl (C=O) groups is 1. The lowest BCUT2D eigenvalue weighted by Crippen LogP contribution is -2.39. The predicted octanol–water partition coefficient (Wildman–Crippen LogP) is 2.55. The first-order valence-electron chi connectivity index (χ1n) is 8.44. The van der Waals surface area contributed by atoms with Crippen LogP contribution in [0.1, 0.15) is 24.2 Å². The fourth-order valence-electron chi connectivity index (χ4n) is 2.95. The Balaban J connectivity index is 1.43. The molecule has 2 aromatic rings. The van der Waals surface area contributed by atoms with Crippen molar-refractivity contribution in [1.29, 1.82) is 0 Å². The molecule has 1 aliphatic heterocycles. The molecule has 136 valence electrons. The maximum Gasteiger partial charge on any atom is 0.269 e. The molecule has 0 saturated carbocycles. The highest BCUT2D eigenvalue weighted by Gasteiger charge is 2.24. The van der Waals surface area contributed by atoms with Gasteiger partial charge in [0.15, 0.2) is 0 Å². The van der Waals surface area contributed by atoms with Crippen molar-refractivity contribution in [2.75, 3.05) is 13.1 Å². The molecule has 26 heavy (non-hydrogen) atoms. The van der Waals surface area contributed by atoms with Crippen LogP contribution in [0.5, 0.6) is 0 Å². The van der Waals surface area contributed by atoms with Gasteiger partial charge in [-0.15, -0.1) is 0 Å².